The largest absolute Gasteiger partial charge is 0.378 e. The molecule has 0 fully saturated rings. The van der Waals surface area contributed by atoms with Crippen LogP contribution in [0.25, 0.3) is 0 Å². The molecule has 0 aromatic heterocycles. The van der Waals surface area contributed by atoms with Crippen LogP contribution in [0.1, 0.15) is 11.1 Å². The summed E-state index contributed by atoms with van der Waals surface area (Å²) in [6.07, 6.45) is 0. The van der Waals surface area contributed by atoms with Gasteiger partial charge in [0, 0.05) is 45.5 Å². The Labute approximate surface area is 147 Å². The van der Waals surface area contributed by atoms with Gasteiger partial charge in [0.2, 0.25) is 10.0 Å². The number of rotatable bonds is 7. The van der Waals surface area contributed by atoms with Gasteiger partial charge in [0.25, 0.3) is 5.69 Å². The molecule has 25 heavy (non-hydrogen) atoms. The highest BCUT2D eigenvalue weighted by Gasteiger charge is 2.19. The number of sulfonamides is 1. The molecule has 0 unspecified atom stereocenters. The topological polar surface area (TPSA) is 83.8 Å². The van der Waals surface area contributed by atoms with E-state index in [1.54, 1.807) is 0 Å². The van der Waals surface area contributed by atoms with Gasteiger partial charge >= 0.3 is 0 Å². The number of nitro groups is 1. The Balaban J connectivity index is 2.06. The van der Waals surface area contributed by atoms with Crippen molar-refractivity contribution < 1.29 is 13.3 Å². The Morgan fingerprint density at radius 3 is 1.92 bits per heavy atom. The predicted molar refractivity (Wildman–Crippen MR) is 98.0 cm³/mol. The van der Waals surface area contributed by atoms with Crippen molar-refractivity contribution in [2.75, 3.05) is 26.0 Å². The van der Waals surface area contributed by atoms with Crippen molar-refractivity contribution in [3.05, 3.63) is 69.8 Å². The van der Waals surface area contributed by atoms with Gasteiger partial charge in [-0.25, -0.2) is 12.7 Å². The minimum absolute atomic E-state index is 0.0597. The summed E-state index contributed by atoms with van der Waals surface area (Å²) < 4.78 is 26.3. The molecule has 134 valence electrons. The molecule has 0 N–H and O–H groups in total. The van der Waals surface area contributed by atoms with Gasteiger partial charge in [0.05, 0.1) is 10.7 Å². The summed E-state index contributed by atoms with van der Waals surface area (Å²) in [6, 6.07) is 13.2. The number of anilines is 1. The summed E-state index contributed by atoms with van der Waals surface area (Å²) in [6.45, 7) is 0.267. The van der Waals surface area contributed by atoms with E-state index in [-0.39, 0.29) is 18.0 Å². The van der Waals surface area contributed by atoms with Crippen LogP contribution < -0.4 is 4.90 Å². The van der Waals surface area contributed by atoms with Crippen LogP contribution in [0.4, 0.5) is 11.4 Å². The highest BCUT2D eigenvalue weighted by Crippen LogP contribution is 2.18. The molecule has 2 aromatic carbocycles. The van der Waals surface area contributed by atoms with Crippen molar-refractivity contribution >= 4 is 21.4 Å². The number of hydrogen-bond acceptors (Lipinski definition) is 5. The van der Waals surface area contributed by atoms with E-state index >= 15 is 0 Å². The number of nitro benzene ring substituents is 1. The summed E-state index contributed by atoms with van der Waals surface area (Å²) in [4.78, 5) is 12.1. The van der Waals surface area contributed by atoms with Gasteiger partial charge in [-0.2, -0.15) is 0 Å². The predicted octanol–water partition coefficient (Wildman–Crippen LogP) is 2.62. The number of non-ortho nitro benzene ring substituents is 1. The first-order chi connectivity index (χ1) is 11.7. The van der Waals surface area contributed by atoms with Crippen molar-refractivity contribution in [3.63, 3.8) is 0 Å². The normalized spacial score (nSPS) is 11.5. The van der Waals surface area contributed by atoms with Crippen LogP contribution in [0, 0.1) is 10.1 Å². The smallest absolute Gasteiger partial charge is 0.269 e. The van der Waals surface area contributed by atoms with Crippen molar-refractivity contribution in [1.82, 2.24) is 4.31 Å². The number of benzene rings is 2. The summed E-state index contributed by atoms with van der Waals surface area (Å²) in [5.74, 6) is -0.197. The average Bonchev–Trinajstić information content (AvgIpc) is 2.55. The fourth-order valence-electron chi connectivity index (χ4n) is 2.29. The molecule has 0 amide bonds. The van der Waals surface area contributed by atoms with Crippen LogP contribution in [0.15, 0.2) is 48.5 Å². The first kappa shape index (κ1) is 18.9. The molecule has 0 saturated heterocycles. The third kappa shape index (κ3) is 5.01. The molecule has 7 nitrogen and oxygen atoms in total. The summed E-state index contributed by atoms with van der Waals surface area (Å²) in [5.41, 5.74) is 2.39. The first-order valence-electron chi connectivity index (χ1n) is 7.62. The average molecular weight is 363 g/mol. The number of nitrogens with zero attached hydrogens (tertiary/aromatic N) is 3. The lowest BCUT2D eigenvalue weighted by Crippen LogP contribution is -2.27. The van der Waals surface area contributed by atoms with Crippen molar-refractivity contribution in [2.24, 2.45) is 0 Å². The van der Waals surface area contributed by atoms with E-state index in [4.69, 9.17) is 0 Å². The first-order valence-corrected chi connectivity index (χ1v) is 9.23. The lowest BCUT2D eigenvalue weighted by molar-refractivity contribution is -0.384. The molecular formula is C17H21N3O4S. The highest BCUT2D eigenvalue weighted by molar-refractivity contribution is 7.88. The molecule has 0 heterocycles. The molecule has 0 aliphatic heterocycles. The zero-order chi connectivity index (χ0) is 18.6. The quantitative estimate of drug-likeness (QED) is 0.558. The minimum Gasteiger partial charge on any atom is -0.378 e. The summed E-state index contributed by atoms with van der Waals surface area (Å²) in [7, 11) is 1.89. The van der Waals surface area contributed by atoms with Gasteiger partial charge < -0.3 is 4.90 Å². The number of hydrogen-bond donors (Lipinski definition) is 0. The van der Waals surface area contributed by atoms with Crippen LogP contribution in [-0.2, 0) is 22.3 Å². The maximum Gasteiger partial charge on any atom is 0.269 e. The molecule has 0 bridgehead atoms. The van der Waals surface area contributed by atoms with E-state index in [0.717, 1.165) is 11.3 Å². The van der Waals surface area contributed by atoms with Crippen LogP contribution >= 0.6 is 0 Å². The zero-order valence-corrected chi connectivity index (χ0v) is 15.2. The maximum absolute atomic E-state index is 12.5. The Morgan fingerprint density at radius 1 is 0.920 bits per heavy atom. The SMILES string of the molecule is CN(C)c1ccc(CN(C)S(=O)(=O)Cc2ccc([N+](=O)[O-])cc2)cc1. The van der Waals surface area contributed by atoms with Gasteiger partial charge in [-0.3, -0.25) is 10.1 Å². The van der Waals surface area contributed by atoms with E-state index in [1.807, 2.05) is 43.3 Å². The fraction of sp³-hybridized carbons (Fsp3) is 0.294. The third-order valence-electron chi connectivity index (χ3n) is 3.83. The molecule has 2 aromatic rings. The van der Waals surface area contributed by atoms with E-state index in [9.17, 15) is 18.5 Å². The fourth-order valence-corrected chi connectivity index (χ4v) is 3.47. The van der Waals surface area contributed by atoms with Crippen molar-refractivity contribution in [2.45, 2.75) is 12.3 Å². The maximum atomic E-state index is 12.5. The van der Waals surface area contributed by atoms with Crippen LogP contribution in [-0.4, -0.2) is 38.8 Å². The Morgan fingerprint density at radius 2 is 1.44 bits per heavy atom. The zero-order valence-electron chi connectivity index (χ0n) is 14.4. The molecule has 0 spiro atoms. The summed E-state index contributed by atoms with van der Waals surface area (Å²) in [5, 5.41) is 10.7. The molecule has 0 aliphatic rings. The van der Waals surface area contributed by atoms with Gasteiger partial charge in [0.15, 0.2) is 0 Å². The minimum atomic E-state index is -3.52. The Hall–Kier alpha value is -2.45. The van der Waals surface area contributed by atoms with E-state index in [0.29, 0.717) is 5.56 Å². The molecule has 8 heteroatoms. The van der Waals surface area contributed by atoms with Crippen LogP contribution in [0.5, 0.6) is 0 Å². The second-order valence-corrected chi connectivity index (χ2v) is 8.07. The second-order valence-electron chi connectivity index (χ2n) is 6.00. The van der Waals surface area contributed by atoms with Gasteiger partial charge in [0.1, 0.15) is 0 Å². The molecule has 0 radical (unpaired) electrons. The molecular weight excluding hydrogens is 342 g/mol. The standard InChI is InChI=1S/C17H21N3O4S/c1-18(2)16-8-4-14(5-9-16)12-19(3)25(23,24)13-15-6-10-17(11-7-15)20(21)22/h4-11H,12-13H2,1-3H3. The van der Waals surface area contributed by atoms with Crippen LogP contribution in [0.2, 0.25) is 0 Å². The van der Waals surface area contributed by atoms with Crippen molar-refractivity contribution in [1.29, 1.82) is 0 Å². The Bertz CT molecular complexity index is 831. The molecule has 0 saturated carbocycles. The van der Waals surface area contributed by atoms with Gasteiger partial charge in [-0.15, -0.1) is 0 Å². The van der Waals surface area contributed by atoms with E-state index < -0.39 is 14.9 Å². The lowest BCUT2D eigenvalue weighted by atomic mass is 10.2. The van der Waals surface area contributed by atoms with Gasteiger partial charge in [-0.1, -0.05) is 24.3 Å². The third-order valence-corrected chi connectivity index (χ3v) is 5.61. The molecule has 0 aliphatic carbocycles. The van der Waals surface area contributed by atoms with Gasteiger partial charge in [-0.05, 0) is 23.3 Å². The highest BCUT2D eigenvalue weighted by atomic mass is 32.2. The van der Waals surface area contributed by atoms with Crippen molar-refractivity contribution in [3.8, 4) is 0 Å². The Kier molecular flexibility index (Phi) is 5.76. The van der Waals surface area contributed by atoms with E-state index in [1.165, 1.54) is 35.6 Å². The van der Waals surface area contributed by atoms with Crippen LogP contribution in [0.3, 0.4) is 0 Å². The molecule has 0 atom stereocenters. The lowest BCUT2D eigenvalue weighted by Gasteiger charge is -2.18. The summed E-state index contributed by atoms with van der Waals surface area (Å²) >= 11 is 0. The second kappa shape index (κ2) is 7.62. The molecule has 2 rings (SSSR count). The van der Waals surface area contributed by atoms with E-state index in [2.05, 4.69) is 0 Å². The monoisotopic (exact) mass is 363 g/mol.